The first kappa shape index (κ1) is 26.9. The quantitative estimate of drug-likeness (QED) is 0.249. The van der Waals surface area contributed by atoms with Crippen molar-refractivity contribution in [2.24, 2.45) is 5.92 Å². The molecule has 43 heavy (non-hydrogen) atoms. The Morgan fingerprint density at radius 3 is 2.30 bits per heavy atom. The van der Waals surface area contributed by atoms with Crippen LogP contribution >= 0.6 is 0 Å². The number of aryl methyl sites for hydroxylation is 1. The first-order chi connectivity index (χ1) is 20.9. The molecule has 1 amide bonds. The molecular weight excluding hydrogens is 536 g/mol. The second-order valence-corrected chi connectivity index (χ2v) is 11.6. The van der Waals surface area contributed by atoms with E-state index in [4.69, 9.17) is 4.74 Å². The molecule has 1 N–H and O–H groups in total. The summed E-state index contributed by atoms with van der Waals surface area (Å²) in [6.07, 6.45) is 4.74. The number of carbonyl (C=O) groups is 3. The van der Waals surface area contributed by atoms with Crippen LogP contribution in [0.25, 0.3) is 6.08 Å². The fraction of sp³-hybridized carbons (Fsp3) is 0.216. The number of nitrogens with zero attached hydrogens (tertiary/aromatic N) is 1. The summed E-state index contributed by atoms with van der Waals surface area (Å²) in [6.45, 7) is 4.58. The summed E-state index contributed by atoms with van der Waals surface area (Å²) in [6, 6.07) is 28.5. The molecule has 1 saturated heterocycles. The second-order valence-electron chi connectivity index (χ2n) is 11.6. The minimum atomic E-state index is -1.35. The zero-order valence-corrected chi connectivity index (χ0v) is 24.1. The summed E-state index contributed by atoms with van der Waals surface area (Å²) in [4.78, 5) is 46.1. The highest BCUT2D eigenvalue weighted by atomic mass is 16.5. The van der Waals surface area contributed by atoms with E-state index in [2.05, 4.69) is 5.32 Å². The van der Waals surface area contributed by atoms with Crippen LogP contribution in [-0.4, -0.2) is 35.0 Å². The van der Waals surface area contributed by atoms with Gasteiger partial charge in [0.15, 0.2) is 11.6 Å². The van der Waals surface area contributed by atoms with Gasteiger partial charge in [0.05, 0.1) is 18.6 Å². The fourth-order valence-corrected chi connectivity index (χ4v) is 7.17. The van der Waals surface area contributed by atoms with E-state index in [1.165, 1.54) is 0 Å². The first-order valence-electron chi connectivity index (χ1n) is 14.8. The van der Waals surface area contributed by atoms with E-state index in [1.54, 1.807) is 24.3 Å². The van der Waals surface area contributed by atoms with Gasteiger partial charge < -0.3 is 15.0 Å². The highest BCUT2D eigenvalue weighted by molar-refractivity contribution is 6.16. The lowest BCUT2D eigenvalue weighted by Gasteiger charge is -2.38. The molecule has 0 saturated carbocycles. The van der Waals surface area contributed by atoms with Gasteiger partial charge in [-0.2, -0.15) is 0 Å². The third-order valence-corrected chi connectivity index (χ3v) is 9.07. The van der Waals surface area contributed by atoms with E-state index in [0.29, 0.717) is 29.2 Å². The Morgan fingerprint density at radius 1 is 0.860 bits per heavy atom. The van der Waals surface area contributed by atoms with Crippen molar-refractivity contribution in [1.82, 2.24) is 4.90 Å². The molecule has 4 aromatic carbocycles. The number of ketones is 2. The van der Waals surface area contributed by atoms with E-state index < -0.39 is 23.4 Å². The largest absolute Gasteiger partial charge is 0.494 e. The van der Waals surface area contributed by atoms with Crippen LogP contribution in [0.4, 0.5) is 5.69 Å². The van der Waals surface area contributed by atoms with E-state index in [1.807, 2.05) is 104 Å². The molecule has 0 bridgehead atoms. The van der Waals surface area contributed by atoms with Crippen LogP contribution in [0.3, 0.4) is 0 Å². The van der Waals surface area contributed by atoms with Crippen LogP contribution in [0.5, 0.6) is 5.75 Å². The number of nitrogens with one attached hydrogen (secondary N) is 1. The van der Waals surface area contributed by atoms with Gasteiger partial charge in [-0.05, 0) is 66.4 Å². The van der Waals surface area contributed by atoms with Crippen LogP contribution < -0.4 is 10.1 Å². The standard InChI is InChI=1S/C37H32N2O4/c1-3-22-43-27-18-16-25(17-19-27)33(40)31-32(34(41)26-14-12-23(2)13-15-26)39-21-20-24-8-4-5-9-28(24)35(39)37(31)29-10-6-7-11-30(29)38-36(37)42/h4-21,31-32,35H,3,22H2,1-2H3,(H,38,42)/t31-,32+,35+,37+/m0/s1. The number of anilines is 1. The molecule has 3 aliphatic rings. The highest BCUT2D eigenvalue weighted by Crippen LogP contribution is 2.62. The van der Waals surface area contributed by atoms with Gasteiger partial charge in [-0.3, -0.25) is 14.4 Å². The van der Waals surface area contributed by atoms with Crippen molar-refractivity contribution in [3.05, 3.63) is 137 Å². The molecule has 1 spiro atoms. The second kappa shape index (κ2) is 10.4. The highest BCUT2D eigenvalue weighted by Gasteiger charge is 2.70. The number of Topliss-reactive ketones (excluding diaryl/α,β-unsaturated/α-hetero) is 2. The zero-order valence-electron chi connectivity index (χ0n) is 24.1. The summed E-state index contributed by atoms with van der Waals surface area (Å²) in [7, 11) is 0. The van der Waals surface area contributed by atoms with Crippen molar-refractivity contribution in [3.8, 4) is 5.75 Å². The third kappa shape index (κ3) is 4.04. The van der Waals surface area contributed by atoms with Gasteiger partial charge in [-0.25, -0.2) is 0 Å². The number of rotatable bonds is 7. The Kier molecular flexibility index (Phi) is 6.50. The predicted molar refractivity (Wildman–Crippen MR) is 166 cm³/mol. The lowest BCUT2D eigenvalue weighted by molar-refractivity contribution is -0.122. The smallest absolute Gasteiger partial charge is 0.238 e. The van der Waals surface area contributed by atoms with Crippen molar-refractivity contribution >= 4 is 29.2 Å². The molecule has 4 aromatic rings. The molecule has 7 rings (SSSR count). The number of fused-ring (bicyclic) bond motifs is 6. The molecule has 3 heterocycles. The number of benzene rings is 4. The van der Waals surface area contributed by atoms with Gasteiger partial charge >= 0.3 is 0 Å². The predicted octanol–water partition coefficient (Wildman–Crippen LogP) is 6.77. The Labute approximate surface area is 251 Å². The van der Waals surface area contributed by atoms with Crippen molar-refractivity contribution in [2.45, 2.75) is 37.8 Å². The number of hydrogen-bond acceptors (Lipinski definition) is 5. The van der Waals surface area contributed by atoms with E-state index in [-0.39, 0.29) is 17.5 Å². The van der Waals surface area contributed by atoms with Crippen LogP contribution in [0, 0.1) is 12.8 Å². The van der Waals surface area contributed by atoms with Gasteiger partial charge in [0.2, 0.25) is 5.91 Å². The summed E-state index contributed by atoms with van der Waals surface area (Å²) >= 11 is 0. The molecule has 1 fully saturated rings. The minimum absolute atomic E-state index is 0.190. The Bertz CT molecular complexity index is 1780. The van der Waals surface area contributed by atoms with Crippen molar-refractivity contribution in [1.29, 1.82) is 0 Å². The zero-order chi connectivity index (χ0) is 29.7. The van der Waals surface area contributed by atoms with Crippen LogP contribution in [-0.2, 0) is 10.2 Å². The Hall–Kier alpha value is -4.97. The van der Waals surface area contributed by atoms with Gasteiger partial charge in [0, 0.05) is 23.0 Å². The first-order valence-corrected chi connectivity index (χ1v) is 14.8. The monoisotopic (exact) mass is 568 g/mol. The fourth-order valence-electron chi connectivity index (χ4n) is 7.17. The molecule has 0 unspecified atom stereocenters. The number of ether oxygens (including phenoxy) is 1. The maximum Gasteiger partial charge on any atom is 0.238 e. The van der Waals surface area contributed by atoms with Crippen molar-refractivity contribution < 1.29 is 19.1 Å². The normalized spacial score (nSPS) is 23.0. The minimum Gasteiger partial charge on any atom is -0.494 e. The maximum atomic E-state index is 14.9. The number of amides is 1. The third-order valence-electron chi connectivity index (χ3n) is 9.07. The molecule has 3 aliphatic heterocycles. The molecule has 0 aliphatic carbocycles. The molecule has 6 heteroatoms. The topological polar surface area (TPSA) is 75.7 Å². The molecule has 214 valence electrons. The van der Waals surface area contributed by atoms with Gasteiger partial charge in [-0.15, -0.1) is 0 Å². The van der Waals surface area contributed by atoms with Crippen LogP contribution in [0.1, 0.15) is 62.4 Å². The molecular formula is C37H32N2O4. The van der Waals surface area contributed by atoms with Crippen LogP contribution in [0.2, 0.25) is 0 Å². The maximum absolute atomic E-state index is 14.9. The lowest BCUT2D eigenvalue weighted by atomic mass is 9.62. The summed E-state index contributed by atoms with van der Waals surface area (Å²) in [5, 5.41) is 3.10. The average molecular weight is 569 g/mol. The molecule has 0 radical (unpaired) electrons. The summed E-state index contributed by atoms with van der Waals surface area (Å²) < 4.78 is 5.77. The van der Waals surface area contributed by atoms with E-state index >= 15 is 0 Å². The molecule has 0 aromatic heterocycles. The lowest BCUT2D eigenvalue weighted by Crippen LogP contribution is -2.49. The van der Waals surface area contributed by atoms with Gasteiger partial charge in [-0.1, -0.05) is 79.2 Å². The number of carbonyl (C=O) groups excluding carboxylic acids is 3. The molecule has 6 nitrogen and oxygen atoms in total. The summed E-state index contributed by atoms with van der Waals surface area (Å²) in [5.74, 6) is -1.04. The van der Waals surface area contributed by atoms with Gasteiger partial charge in [0.25, 0.3) is 0 Å². The van der Waals surface area contributed by atoms with Crippen molar-refractivity contribution in [3.63, 3.8) is 0 Å². The van der Waals surface area contributed by atoms with Crippen LogP contribution in [0.15, 0.2) is 103 Å². The summed E-state index contributed by atoms with van der Waals surface area (Å²) in [5.41, 5.74) is 3.91. The molecule has 4 atom stereocenters. The number of hydrogen-bond donors (Lipinski definition) is 1. The average Bonchev–Trinajstić information content (AvgIpc) is 3.52. The van der Waals surface area contributed by atoms with Crippen molar-refractivity contribution in [2.75, 3.05) is 11.9 Å². The Balaban J connectivity index is 1.47. The number of para-hydroxylation sites is 1. The van der Waals surface area contributed by atoms with E-state index in [0.717, 1.165) is 28.7 Å². The Morgan fingerprint density at radius 2 is 1.53 bits per heavy atom. The SMILES string of the molecule is CCCOc1ccc(C(=O)[C@@H]2[C@H](C(=O)c3ccc(C)cc3)N3C=Cc4ccccc4[C@@H]3[C@]23C(=O)Nc2ccccc23)cc1. The van der Waals surface area contributed by atoms with E-state index in [9.17, 15) is 14.4 Å². The van der Waals surface area contributed by atoms with Gasteiger partial charge in [0.1, 0.15) is 17.2 Å².